The Hall–Kier alpha value is -1.16. The quantitative estimate of drug-likeness (QED) is 0.825. The third kappa shape index (κ3) is 4.30. The normalized spacial score (nSPS) is 10.9. The highest BCUT2D eigenvalue weighted by Gasteiger charge is 2.09. The minimum Gasteiger partial charge on any atom is -0.369 e. The number of rotatable bonds is 6. The highest BCUT2D eigenvalue weighted by atomic mass is 19.3. The number of nitrogens with zero attached hydrogens (tertiary/aromatic N) is 1. The molecular formula is C13H20F2N2. The Balaban J connectivity index is 2.73. The second-order valence-corrected chi connectivity index (χ2v) is 4.16. The summed E-state index contributed by atoms with van der Waals surface area (Å²) in [6, 6.07) is 5.84. The van der Waals surface area contributed by atoms with Gasteiger partial charge in [-0.1, -0.05) is 13.0 Å². The van der Waals surface area contributed by atoms with E-state index in [2.05, 4.69) is 12.2 Å². The maximum absolute atomic E-state index is 12.3. The van der Waals surface area contributed by atoms with E-state index in [1.54, 1.807) is 11.9 Å². The second-order valence-electron chi connectivity index (χ2n) is 4.16. The van der Waals surface area contributed by atoms with E-state index in [0.29, 0.717) is 0 Å². The number of hydrogen-bond donors (Lipinski definition) is 1. The van der Waals surface area contributed by atoms with Crippen molar-refractivity contribution in [1.29, 1.82) is 0 Å². The van der Waals surface area contributed by atoms with E-state index in [0.717, 1.165) is 24.3 Å². The molecule has 0 unspecified atom stereocenters. The van der Waals surface area contributed by atoms with Crippen LogP contribution in [0.4, 0.5) is 14.5 Å². The Morgan fingerprint density at radius 2 is 2.06 bits per heavy atom. The maximum atomic E-state index is 12.3. The van der Waals surface area contributed by atoms with Crippen LogP contribution in [0, 0.1) is 6.92 Å². The molecule has 0 aliphatic carbocycles. The molecule has 2 nitrogen and oxygen atoms in total. The van der Waals surface area contributed by atoms with Crippen molar-refractivity contribution in [3.05, 3.63) is 29.3 Å². The number of anilines is 1. The molecule has 1 rings (SSSR count). The molecule has 0 atom stereocenters. The van der Waals surface area contributed by atoms with Crippen molar-refractivity contribution in [1.82, 2.24) is 5.32 Å². The van der Waals surface area contributed by atoms with Crippen LogP contribution in [0.25, 0.3) is 0 Å². The van der Waals surface area contributed by atoms with E-state index < -0.39 is 6.43 Å². The van der Waals surface area contributed by atoms with Crippen molar-refractivity contribution in [2.75, 3.05) is 25.0 Å². The number of halogens is 2. The number of benzene rings is 1. The summed E-state index contributed by atoms with van der Waals surface area (Å²) in [6.07, 6.45) is -2.30. The van der Waals surface area contributed by atoms with Crippen LogP contribution in [0.1, 0.15) is 18.1 Å². The smallest absolute Gasteiger partial charge is 0.255 e. The van der Waals surface area contributed by atoms with E-state index in [-0.39, 0.29) is 6.54 Å². The first kappa shape index (κ1) is 13.9. The number of hydrogen-bond acceptors (Lipinski definition) is 2. The summed E-state index contributed by atoms with van der Waals surface area (Å²) in [4.78, 5) is 1.58. The molecule has 0 bridgehead atoms. The van der Waals surface area contributed by atoms with E-state index >= 15 is 0 Å². The minimum absolute atomic E-state index is 0.230. The van der Waals surface area contributed by atoms with Crippen LogP contribution < -0.4 is 10.2 Å². The Morgan fingerprint density at radius 1 is 1.35 bits per heavy atom. The SMILES string of the molecule is CCNCc1ccc(N(C)CC(F)F)cc1C. The standard InChI is InChI=1S/C13H20F2N2/c1-4-16-8-11-5-6-12(7-10(11)2)17(3)9-13(14)15/h5-7,13,16H,4,8-9H2,1-3H3. The van der Waals surface area contributed by atoms with Crippen molar-refractivity contribution in [3.8, 4) is 0 Å². The average Bonchev–Trinajstić information content (AvgIpc) is 2.26. The summed E-state index contributed by atoms with van der Waals surface area (Å²) >= 11 is 0. The van der Waals surface area contributed by atoms with Crippen LogP contribution in [0.2, 0.25) is 0 Å². The van der Waals surface area contributed by atoms with Gasteiger partial charge in [-0.25, -0.2) is 8.78 Å². The van der Waals surface area contributed by atoms with Crippen LogP contribution in [-0.4, -0.2) is 26.6 Å². The van der Waals surface area contributed by atoms with Crippen LogP contribution in [0.15, 0.2) is 18.2 Å². The third-order valence-corrected chi connectivity index (χ3v) is 2.74. The predicted molar refractivity (Wildman–Crippen MR) is 67.8 cm³/mol. The summed E-state index contributed by atoms with van der Waals surface area (Å²) in [5, 5.41) is 3.25. The molecule has 96 valence electrons. The molecule has 0 saturated carbocycles. The lowest BCUT2D eigenvalue weighted by molar-refractivity contribution is 0.156. The van der Waals surface area contributed by atoms with Crippen molar-refractivity contribution in [3.63, 3.8) is 0 Å². The molecule has 0 heterocycles. The predicted octanol–water partition coefficient (Wildman–Crippen LogP) is 2.81. The number of aryl methyl sites for hydroxylation is 1. The lowest BCUT2D eigenvalue weighted by Gasteiger charge is -2.20. The van der Waals surface area contributed by atoms with Crippen molar-refractivity contribution < 1.29 is 8.78 Å². The molecule has 1 N–H and O–H groups in total. The molecule has 0 saturated heterocycles. The molecule has 0 aliphatic rings. The first-order valence-electron chi connectivity index (χ1n) is 5.84. The van der Waals surface area contributed by atoms with E-state index in [4.69, 9.17) is 0 Å². The molecule has 0 aliphatic heterocycles. The van der Waals surface area contributed by atoms with Crippen molar-refractivity contribution in [2.24, 2.45) is 0 Å². The summed E-state index contributed by atoms with van der Waals surface area (Å²) < 4.78 is 24.5. The highest BCUT2D eigenvalue weighted by Crippen LogP contribution is 2.19. The van der Waals surface area contributed by atoms with Crippen LogP contribution >= 0.6 is 0 Å². The molecule has 0 radical (unpaired) electrons. The maximum Gasteiger partial charge on any atom is 0.255 e. The van der Waals surface area contributed by atoms with Gasteiger partial charge in [0, 0.05) is 19.3 Å². The van der Waals surface area contributed by atoms with Crippen molar-refractivity contribution >= 4 is 5.69 Å². The summed E-state index contributed by atoms with van der Waals surface area (Å²) in [5.41, 5.74) is 3.17. The van der Waals surface area contributed by atoms with Crippen LogP contribution in [0.5, 0.6) is 0 Å². The van der Waals surface area contributed by atoms with Gasteiger partial charge in [0.25, 0.3) is 6.43 Å². The Kier molecular flexibility index (Phi) is 5.35. The third-order valence-electron chi connectivity index (χ3n) is 2.74. The fourth-order valence-corrected chi connectivity index (χ4v) is 1.69. The lowest BCUT2D eigenvalue weighted by Crippen LogP contribution is -2.24. The molecule has 17 heavy (non-hydrogen) atoms. The largest absolute Gasteiger partial charge is 0.369 e. The fourth-order valence-electron chi connectivity index (χ4n) is 1.69. The molecule has 4 heteroatoms. The van der Waals surface area contributed by atoms with Gasteiger partial charge in [0.1, 0.15) is 0 Å². The second kappa shape index (κ2) is 6.55. The van der Waals surface area contributed by atoms with Gasteiger partial charge < -0.3 is 10.2 Å². The van der Waals surface area contributed by atoms with Crippen LogP contribution in [-0.2, 0) is 6.54 Å². The highest BCUT2D eigenvalue weighted by molar-refractivity contribution is 5.50. The van der Waals surface area contributed by atoms with Gasteiger partial charge in [-0.05, 0) is 36.7 Å². The summed E-state index contributed by atoms with van der Waals surface area (Å²) in [7, 11) is 1.69. The fraction of sp³-hybridized carbons (Fsp3) is 0.538. The number of nitrogens with one attached hydrogen (secondary N) is 1. The number of alkyl halides is 2. The first-order chi connectivity index (χ1) is 8.04. The first-order valence-corrected chi connectivity index (χ1v) is 5.84. The molecule has 0 amide bonds. The van der Waals surface area contributed by atoms with Crippen molar-refractivity contribution in [2.45, 2.75) is 26.8 Å². The van der Waals surface area contributed by atoms with Gasteiger partial charge in [0.05, 0.1) is 6.54 Å². The molecular weight excluding hydrogens is 222 g/mol. The van der Waals surface area contributed by atoms with E-state index in [9.17, 15) is 8.78 Å². The topological polar surface area (TPSA) is 15.3 Å². The monoisotopic (exact) mass is 242 g/mol. The van der Waals surface area contributed by atoms with E-state index in [1.807, 2.05) is 25.1 Å². The van der Waals surface area contributed by atoms with Gasteiger partial charge in [-0.3, -0.25) is 0 Å². The molecule has 1 aromatic carbocycles. The lowest BCUT2D eigenvalue weighted by atomic mass is 10.1. The van der Waals surface area contributed by atoms with Gasteiger partial charge in [0.2, 0.25) is 0 Å². The molecule has 0 aromatic heterocycles. The van der Waals surface area contributed by atoms with Crippen LogP contribution in [0.3, 0.4) is 0 Å². The van der Waals surface area contributed by atoms with Gasteiger partial charge >= 0.3 is 0 Å². The molecule has 1 aromatic rings. The average molecular weight is 242 g/mol. The van der Waals surface area contributed by atoms with E-state index in [1.165, 1.54) is 5.56 Å². The zero-order chi connectivity index (χ0) is 12.8. The van der Waals surface area contributed by atoms with Gasteiger partial charge in [-0.15, -0.1) is 0 Å². The van der Waals surface area contributed by atoms with Gasteiger partial charge in [-0.2, -0.15) is 0 Å². The zero-order valence-corrected chi connectivity index (χ0v) is 10.6. The zero-order valence-electron chi connectivity index (χ0n) is 10.6. The Labute approximate surface area is 102 Å². The summed E-state index contributed by atoms with van der Waals surface area (Å²) in [5.74, 6) is 0. The summed E-state index contributed by atoms with van der Waals surface area (Å²) in [6.45, 7) is 5.58. The molecule has 0 spiro atoms. The Morgan fingerprint density at radius 3 is 2.59 bits per heavy atom. The minimum atomic E-state index is -2.30. The van der Waals surface area contributed by atoms with Gasteiger partial charge in [0.15, 0.2) is 0 Å². The molecule has 0 fully saturated rings. The Bertz CT molecular complexity index is 353.